The standard InChI is InChI=1S/C7H5F3N4O2/c8-7(9,10)5(1-11)3-13-4-6(2-12-13)14(15)16/h2,4-5H,3H2. The van der Waals surface area contributed by atoms with Crippen molar-refractivity contribution >= 4 is 5.69 Å². The van der Waals surface area contributed by atoms with Gasteiger partial charge in [0, 0.05) is 0 Å². The summed E-state index contributed by atoms with van der Waals surface area (Å²) in [5, 5.41) is 21.9. The highest BCUT2D eigenvalue weighted by molar-refractivity contribution is 5.20. The molecule has 0 saturated heterocycles. The van der Waals surface area contributed by atoms with Gasteiger partial charge in [0.15, 0.2) is 5.92 Å². The molecule has 0 aromatic carbocycles. The Morgan fingerprint density at radius 2 is 2.31 bits per heavy atom. The van der Waals surface area contributed by atoms with Crippen LogP contribution in [-0.2, 0) is 6.54 Å². The lowest BCUT2D eigenvalue weighted by Crippen LogP contribution is -2.26. The second-order valence-electron chi connectivity index (χ2n) is 2.90. The molecule has 1 atom stereocenters. The summed E-state index contributed by atoms with van der Waals surface area (Å²) in [4.78, 5) is 9.45. The first-order chi connectivity index (χ1) is 7.34. The molecule has 16 heavy (non-hydrogen) atoms. The molecule has 1 unspecified atom stereocenters. The first-order valence-corrected chi connectivity index (χ1v) is 3.97. The summed E-state index contributed by atoms with van der Waals surface area (Å²) in [5.74, 6) is -2.23. The van der Waals surface area contributed by atoms with Gasteiger partial charge in [0.2, 0.25) is 0 Å². The van der Waals surface area contributed by atoms with Crippen LogP contribution in [0, 0.1) is 27.4 Å². The fourth-order valence-corrected chi connectivity index (χ4v) is 0.951. The maximum absolute atomic E-state index is 12.2. The van der Waals surface area contributed by atoms with Gasteiger partial charge in [-0.2, -0.15) is 23.5 Å². The molecule has 0 saturated carbocycles. The third-order valence-corrected chi connectivity index (χ3v) is 1.75. The van der Waals surface area contributed by atoms with Crippen molar-refractivity contribution in [1.29, 1.82) is 5.26 Å². The highest BCUT2D eigenvalue weighted by Gasteiger charge is 2.40. The van der Waals surface area contributed by atoms with Crippen molar-refractivity contribution < 1.29 is 18.1 Å². The van der Waals surface area contributed by atoms with Gasteiger partial charge in [-0.05, 0) is 0 Å². The number of nitrogens with zero attached hydrogens (tertiary/aromatic N) is 4. The fraction of sp³-hybridized carbons (Fsp3) is 0.429. The molecule has 0 aliphatic rings. The van der Waals surface area contributed by atoms with Crippen LogP contribution in [0.15, 0.2) is 12.4 Å². The summed E-state index contributed by atoms with van der Waals surface area (Å²) in [5.41, 5.74) is -0.418. The molecule has 0 aliphatic carbocycles. The lowest BCUT2D eigenvalue weighted by Gasteiger charge is -2.12. The fourth-order valence-electron chi connectivity index (χ4n) is 0.951. The van der Waals surface area contributed by atoms with Crippen LogP contribution in [-0.4, -0.2) is 20.9 Å². The lowest BCUT2D eigenvalue weighted by molar-refractivity contribution is -0.385. The summed E-state index contributed by atoms with van der Waals surface area (Å²) >= 11 is 0. The zero-order valence-electron chi connectivity index (χ0n) is 7.68. The molecule has 0 bridgehead atoms. The number of alkyl halides is 3. The quantitative estimate of drug-likeness (QED) is 0.585. The van der Waals surface area contributed by atoms with Crippen LogP contribution in [0.1, 0.15) is 0 Å². The molecule has 0 spiro atoms. The van der Waals surface area contributed by atoms with Crippen LogP contribution >= 0.6 is 0 Å². The summed E-state index contributed by atoms with van der Waals surface area (Å²) in [6.07, 6.45) is -3.00. The maximum atomic E-state index is 12.2. The lowest BCUT2D eigenvalue weighted by atomic mass is 10.1. The van der Waals surface area contributed by atoms with Crippen molar-refractivity contribution in [3.05, 3.63) is 22.5 Å². The SMILES string of the molecule is N#CC(Cn1cc([N+](=O)[O-])cn1)C(F)(F)F. The summed E-state index contributed by atoms with van der Waals surface area (Å²) < 4.78 is 37.2. The molecule has 1 aromatic rings. The molecular weight excluding hydrogens is 229 g/mol. The molecule has 0 aliphatic heterocycles. The number of halogens is 3. The van der Waals surface area contributed by atoms with Gasteiger partial charge in [-0.3, -0.25) is 14.8 Å². The monoisotopic (exact) mass is 234 g/mol. The number of hydrogen-bond acceptors (Lipinski definition) is 4. The van der Waals surface area contributed by atoms with Gasteiger partial charge in [0.1, 0.15) is 12.4 Å². The number of hydrogen-bond donors (Lipinski definition) is 0. The van der Waals surface area contributed by atoms with E-state index in [1.54, 1.807) is 0 Å². The van der Waals surface area contributed by atoms with Crippen LogP contribution in [0.3, 0.4) is 0 Å². The zero-order chi connectivity index (χ0) is 12.3. The van der Waals surface area contributed by atoms with Crippen molar-refractivity contribution in [2.75, 3.05) is 0 Å². The first kappa shape index (κ1) is 12.0. The average molecular weight is 234 g/mol. The van der Waals surface area contributed by atoms with Crippen molar-refractivity contribution in [3.63, 3.8) is 0 Å². The van der Waals surface area contributed by atoms with E-state index in [0.717, 1.165) is 23.1 Å². The van der Waals surface area contributed by atoms with Crippen LogP contribution in [0.2, 0.25) is 0 Å². The Kier molecular flexibility index (Phi) is 3.12. The minimum Gasteiger partial charge on any atom is -0.264 e. The van der Waals surface area contributed by atoms with Gasteiger partial charge in [-0.15, -0.1) is 0 Å². The Balaban J connectivity index is 2.80. The third kappa shape index (κ3) is 2.69. The van der Waals surface area contributed by atoms with Crippen LogP contribution in [0.5, 0.6) is 0 Å². The minimum absolute atomic E-state index is 0.418. The van der Waals surface area contributed by atoms with E-state index in [2.05, 4.69) is 5.10 Å². The van der Waals surface area contributed by atoms with Crippen molar-refractivity contribution in [3.8, 4) is 6.07 Å². The third-order valence-electron chi connectivity index (χ3n) is 1.75. The number of nitriles is 1. The molecular formula is C7H5F3N4O2. The predicted octanol–water partition coefficient (Wildman–Crippen LogP) is 1.49. The maximum Gasteiger partial charge on any atom is 0.406 e. The minimum atomic E-state index is -4.67. The normalized spacial score (nSPS) is 13.1. The largest absolute Gasteiger partial charge is 0.406 e. The van der Waals surface area contributed by atoms with E-state index in [-0.39, 0.29) is 0 Å². The van der Waals surface area contributed by atoms with E-state index in [1.165, 1.54) is 0 Å². The highest BCUT2D eigenvalue weighted by Crippen LogP contribution is 2.27. The van der Waals surface area contributed by atoms with Crippen LogP contribution in [0.4, 0.5) is 18.9 Å². The van der Waals surface area contributed by atoms with E-state index in [1.807, 2.05) is 0 Å². The molecule has 0 fully saturated rings. The smallest absolute Gasteiger partial charge is 0.264 e. The Bertz CT molecular complexity index is 434. The van der Waals surface area contributed by atoms with E-state index >= 15 is 0 Å². The summed E-state index contributed by atoms with van der Waals surface area (Å²) in [7, 11) is 0. The van der Waals surface area contributed by atoms with Gasteiger partial charge in [-0.1, -0.05) is 0 Å². The molecule has 0 radical (unpaired) electrons. The summed E-state index contributed by atoms with van der Waals surface area (Å²) in [6, 6.07) is 1.07. The van der Waals surface area contributed by atoms with Crippen LogP contribution < -0.4 is 0 Å². The van der Waals surface area contributed by atoms with E-state index in [0.29, 0.717) is 0 Å². The van der Waals surface area contributed by atoms with Crippen molar-refractivity contribution in [2.45, 2.75) is 12.7 Å². The van der Waals surface area contributed by atoms with E-state index in [9.17, 15) is 23.3 Å². The topological polar surface area (TPSA) is 84.8 Å². The van der Waals surface area contributed by atoms with Gasteiger partial charge < -0.3 is 0 Å². The Morgan fingerprint density at radius 1 is 1.69 bits per heavy atom. The summed E-state index contributed by atoms with van der Waals surface area (Å²) in [6.45, 7) is -0.756. The van der Waals surface area contributed by atoms with Crippen molar-refractivity contribution in [2.24, 2.45) is 5.92 Å². The highest BCUT2D eigenvalue weighted by atomic mass is 19.4. The van der Waals surface area contributed by atoms with Gasteiger partial charge in [0.05, 0.1) is 17.5 Å². The first-order valence-electron chi connectivity index (χ1n) is 3.97. The average Bonchev–Trinajstić information content (AvgIpc) is 2.60. The Hall–Kier alpha value is -2.11. The van der Waals surface area contributed by atoms with Crippen molar-refractivity contribution in [1.82, 2.24) is 9.78 Å². The van der Waals surface area contributed by atoms with Gasteiger partial charge >= 0.3 is 11.9 Å². The van der Waals surface area contributed by atoms with Gasteiger partial charge in [-0.25, -0.2) is 0 Å². The molecule has 6 nitrogen and oxygen atoms in total. The molecule has 86 valence electrons. The van der Waals surface area contributed by atoms with E-state index < -0.39 is 29.2 Å². The molecule has 9 heteroatoms. The number of rotatable bonds is 3. The number of nitro groups is 1. The second-order valence-corrected chi connectivity index (χ2v) is 2.90. The molecule has 1 heterocycles. The van der Waals surface area contributed by atoms with Gasteiger partial charge in [0.25, 0.3) is 0 Å². The molecule has 1 rings (SSSR count). The number of aromatic nitrogens is 2. The Morgan fingerprint density at radius 3 is 2.69 bits per heavy atom. The Labute approximate surface area is 87.0 Å². The van der Waals surface area contributed by atoms with Crippen LogP contribution in [0.25, 0.3) is 0 Å². The second kappa shape index (κ2) is 4.18. The predicted molar refractivity (Wildman–Crippen MR) is 44.0 cm³/mol. The molecule has 1 aromatic heterocycles. The molecule has 0 N–H and O–H groups in total. The molecule has 0 amide bonds. The van der Waals surface area contributed by atoms with E-state index in [4.69, 9.17) is 5.26 Å². The zero-order valence-corrected chi connectivity index (χ0v) is 7.68.